The number of nitro benzene ring substituents is 2. The lowest BCUT2D eigenvalue weighted by Gasteiger charge is -2.30. The average Bonchev–Trinajstić information content (AvgIpc) is 3.69. The summed E-state index contributed by atoms with van der Waals surface area (Å²) in [4.78, 5) is 27.3. The number of rotatable bonds is 12. The Kier molecular flexibility index (Phi) is 11.9. The summed E-state index contributed by atoms with van der Waals surface area (Å²) in [6, 6.07) is 56.5. The molecule has 308 valence electrons. The van der Waals surface area contributed by atoms with E-state index in [-0.39, 0.29) is 11.4 Å². The van der Waals surface area contributed by atoms with Crippen molar-refractivity contribution in [2.45, 2.75) is 25.7 Å². The van der Waals surface area contributed by atoms with E-state index in [4.69, 9.17) is 11.6 Å². The van der Waals surface area contributed by atoms with Crippen molar-refractivity contribution in [3.8, 4) is 22.3 Å². The molecular formula is C54H40ClN3O4S. The minimum absolute atomic E-state index is 0.0719. The lowest BCUT2D eigenvalue weighted by Crippen LogP contribution is -2.15. The third-order valence-electron chi connectivity index (χ3n) is 11.4. The summed E-state index contributed by atoms with van der Waals surface area (Å²) in [5, 5.41) is 24.6. The van der Waals surface area contributed by atoms with Crippen LogP contribution in [0, 0.1) is 20.2 Å². The molecule has 7 nitrogen and oxygen atoms in total. The third kappa shape index (κ3) is 8.86. The minimum Gasteiger partial charge on any atom is -0.310 e. The fourth-order valence-electron chi connectivity index (χ4n) is 8.40. The maximum atomic E-state index is 12.0. The van der Waals surface area contributed by atoms with Crippen molar-refractivity contribution in [1.82, 2.24) is 0 Å². The molecule has 1 aliphatic rings. The van der Waals surface area contributed by atoms with Crippen LogP contribution < -0.4 is 4.90 Å². The number of halogens is 1. The maximum absolute atomic E-state index is 12.0. The van der Waals surface area contributed by atoms with Crippen LogP contribution in [0.4, 0.5) is 28.4 Å². The van der Waals surface area contributed by atoms with Crippen molar-refractivity contribution >= 4 is 75.2 Å². The van der Waals surface area contributed by atoms with Gasteiger partial charge in [-0.05, 0) is 125 Å². The highest BCUT2D eigenvalue weighted by Gasteiger charge is 2.23. The lowest BCUT2D eigenvalue weighted by molar-refractivity contribution is -0.385. The number of anilines is 3. The summed E-state index contributed by atoms with van der Waals surface area (Å²) >= 11 is 7.97. The average molecular weight is 862 g/mol. The van der Waals surface area contributed by atoms with Crippen LogP contribution in [0.15, 0.2) is 176 Å². The molecule has 0 fully saturated rings. The topological polar surface area (TPSA) is 89.5 Å². The van der Waals surface area contributed by atoms with Gasteiger partial charge in [-0.2, -0.15) is 0 Å². The van der Waals surface area contributed by atoms with Crippen LogP contribution in [0.25, 0.3) is 46.1 Å². The van der Waals surface area contributed by atoms with E-state index in [2.05, 4.69) is 95.9 Å². The Morgan fingerprint density at radius 3 is 1.70 bits per heavy atom. The predicted molar refractivity (Wildman–Crippen MR) is 260 cm³/mol. The molecule has 1 aliphatic carbocycles. The van der Waals surface area contributed by atoms with Gasteiger partial charge in [-0.15, -0.1) is 11.3 Å². The largest absolute Gasteiger partial charge is 0.310 e. The van der Waals surface area contributed by atoms with E-state index in [0.29, 0.717) is 21.7 Å². The number of nitro groups is 2. The van der Waals surface area contributed by atoms with Gasteiger partial charge in [0.05, 0.1) is 9.85 Å². The third-order valence-corrected chi connectivity index (χ3v) is 12.7. The summed E-state index contributed by atoms with van der Waals surface area (Å²) < 4.78 is 0. The van der Waals surface area contributed by atoms with Gasteiger partial charge in [0.2, 0.25) is 0 Å². The normalized spacial score (nSPS) is 12.1. The van der Waals surface area contributed by atoms with Gasteiger partial charge in [-0.3, -0.25) is 20.2 Å². The van der Waals surface area contributed by atoms with Gasteiger partial charge in [0.15, 0.2) is 0 Å². The number of hydrogen-bond acceptors (Lipinski definition) is 6. The summed E-state index contributed by atoms with van der Waals surface area (Å²) in [6.07, 6.45) is 10.8. The van der Waals surface area contributed by atoms with Crippen LogP contribution in [-0.2, 0) is 12.8 Å². The zero-order valence-corrected chi connectivity index (χ0v) is 35.6. The van der Waals surface area contributed by atoms with Crippen molar-refractivity contribution in [2.24, 2.45) is 0 Å². The van der Waals surface area contributed by atoms with Crippen LogP contribution >= 0.6 is 22.9 Å². The van der Waals surface area contributed by atoms with E-state index in [1.807, 2.05) is 54.6 Å². The monoisotopic (exact) mass is 861 g/mol. The smallest absolute Gasteiger partial charge is 0.270 e. The first-order valence-electron chi connectivity index (χ1n) is 20.7. The van der Waals surface area contributed by atoms with E-state index >= 15 is 0 Å². The van der Waals surface area contributed by atoms with Gasteiger partial charge >= 0.3 is 0 Å². The van der Waals surface area contributed by atoms with Gasteiger partial charge in [-0.1, -0.05) is 127 Å². The molecule has 9 rings (SSSR count). The molecule has 8 aromatic rings. The van der Waals surface area contributed by atoms with Crippen molar-refractivity contribution in [2.75, 3.05) is 4.90 Å². The van der Waals surface area contributed by atoms with Gasteiger partial charge < -0.3 is 4.90 Å². The first-order chi connectivity index (χ1) is 30.8. The van der Waals surface area contributed by atoms with Crippen molar-refractivity contribution in [3.05, 3.63) is 239 Å². The fourth-order valence-corrected chi connectivity index (χ4v) is 9.72. The van der Waals surface area contributed by atoms with Gasteiger partial charge in [0, 0.05) is 67.2 Å². The number of nitrogens with zero attached hydrogens (tertiary/aromatic N) is 3. The maximum Gasteiger partial charge on any atom is 0.270 e. The van der Waals surface area contributed by atoms with E-state index in [1.165, 1.54) is 53.9 Å². The molecule has 0 spiro atoms. The molecular weight excluding hydrogens is 822 g/mol. The molecule has 0 atom stereocenters. The molecule has 1 aromatic heterocycles. The first kappa shape index (κ1) is 41.0. The SMILES string of the molecule is O=[N+]([O-])c1cccc(C(=Cc2sc(C=Cc3ccc(N(c4ccc(Cl)cc4)c4cccc5c4CCCC5)cc3)c(-c3ccccc3)c2-c2ccccc2)c2cccc([N+](=O)[O-])c2)c1. The zero-order valence-electron chi connectivity index (χ0n) is 34.1. The van der Waals surface area contributed by atoms with Crippen molar-refractivity contribution in [1.29, 1.82) is 0 Å². The predicted octanol–water partition coefficient (Wildman–Crippen LogP) is 15.7. The fraction of sp³-hybridized carbons (Fsp3) is 0.0741. The Hall–Kier alpha value is -7.39. The minimum atomic E-state index is -0.429. The highest BCUT2D eigenvalue weighted by molar-refractivity contribution is 7.15. The first-order valence-corrected chi connectivity index (χ1v) is 21.9. The molecule has 0 unspecified atom stereocenters. The molecule has 0 radical (unpaired) electrons. The Morgan fingerprint density at radius 1 is 0.571 bits per heavy atom. The number of non-ortho nitro benzene ring substituents is 2. The number of fused-ring (bicyclic) bond motifs is 1. The molecule has 0 saturated carbocycles. The summed E-state index contributed by atoms with van der Waals surface area (Å²) in [7, 11) is 0. The van der Waals surface area contributed by atoms with Crippen LogP contribution in [0.1, 0.15) is 50.4 Å². The van der Waals surface area contributed by atoms with E-state index in [0.717, 1.165) is 61.8 Å². The number of benzene rings is 7. The van der Waals surface area contributed by atoms with E-state index in [9.17, 15) is 20.2 Å². The summed E-state index contributed by atoms with van der Waals surface area (Å²) in [5.41, 5.74) is 12.7. The molecule has 0 N–H and O–H groups in total. The lowest BCUT2D eigenvalue weighted by atomic mass is 9.90. The van der Waals surface area contributed by atoms with Crippen LogP contribution in [0.3, 0.4) is 0 Å². The van der Waals surface area contributed by atoms with Crippen LogP contribution in [0.2, 0.25) is 5.02 Å². The Bertz CT molecular complexity index is 2960. The molecule has 0 bridgehead atoms. The second-order valence-electron chi connectivity index (χ2n) is 15.3. The number of hydrogen-bond donors (Lipinski definition) is 0. The number of thiophene rings is 1. The standard InChI is InChI=1S/C54H40ClN3O4S/c55-43-27-31-45(32-28-43)56(50-23-11-17-38-12-7-8-22-48(38)50)44-29-24-37(25-30-44)26-33-51-53(39-13-3-1-4-14-39)54(40-15-5-2-6-16-40)52(63-51)36-49(41-18-9-20-46(34-41)57(59)60)42-19-10-21-47(35-42)58(61)62/h1-6,9-11,13-21,23-36H,7-8,12,22H2. The summed E-state index contributed by atoms with van der Waals surface area (Å²) in [6.45, 7) is 0. The van der Waals surface area contributed by atoms with Gasteiger partial charge in [0.25, 0.3) is 11.4 Å². The highest BCUT2D eigenvalue weighted by Crippen LogP contribution is 2.47. The number of aryl methyl sites for hydroxylation is 1. The molecule has 7 aromatic carbocycles. The quantitative estimate of drug-likeness (QED) is 0.0901. The molecule has 0 saturated heterocycles. The second kappa shape index (κ2) is 18.3. The van der Waals surface area contributed by atoms with Gasteiger partial charge in [0.1, 0.15) is 0 Å². The Balaban J connectivity index is 1.18. The van der Waals surface area contributed by atoms with Gasteiger partial charge in [-0.25, -0.2) is 0 Å². The molecule has 0 aliphatic heterocycles. The van der Waals surface area contributed by atoms with E-state index < -0.39 is 9.85 Å². The molecule has 63 heavy (non-hydrogen) atoms. The molecule has 1 heterocycles. The highest BCUT2D eigenvalue weighted by atomic mass is 35.5. The van der Waals surface area contributed by atoms with Crippen molar-refractivity contribution in [3.63, 3.8) is 0 Å². The van der Waals surface area contributed by atoms with Crippen LogP contribution in [-0.4, -0.2) is 9.85 Å². The Morgan fingerprint density at radius 2 is 1.11 bits per heavy atom. The summed E-state index contributed by atoms with van der Waals surface area (Å²) in [5.74, 6) is 0. The van der Waals surface area contributed by atoms with Crippen LogP contribution in [0.5, 0.6) is 0 Å². The van der Waals surface area contributed by atoms with Crippen molar-refractivity contribution < 1.29 is 9.85 Å². The Labute approximate surface area is 374 Å². The molecule has 9 heteroatoms. The van der Waals surface area contributed by atoms with E-state index in [1.54, 1.807) is 35.6 Å². The second-order valence-corrected chi connectivity index (χ2v) is 16.9. The molecule has 0 amide bonds. The zero-order chi connectivity index (χ0) is 43.3.